The van der Waals surface area contributed by atoms with Crippen LogP contribution in [0.4, 0.5) is 17.1 Å². The molecule has 13 nitrogen and oxygen atoms in total. The third-order valence-corrected chi connectivity index (χ3v) is 4.75. The van der Waals surface area contributed by atoms with Crippen molar-refractivity contribution in [1.29, 1.82) is 0 Å². The van der Waals surface area contributed by atoms with Crippen LogP contribution >= 0.6 is 0 Å². The molecule has 1 aliphatic rings. The van der Waals surface area contributed by atoms with Crippen molar-refractivity contribution in [3.63, 3.8) is 0 Å². The Bertz CT molecular complexity index is 1190. The Morgan fingerprint density at radius 3 is 2.30 bits per heavy atom. The molecule has 2 aromatic rings. The van der Waals surface area contributed by atoms with E-state index in [0.717, 1.165) is 6.07 Å². The van der Waals surface area contributed by atoms with E-state index >= 15 is 0 Å². The van der Waals surface area contributed by atoms with Crippen molar-refractivity contribution in [2.75, 3.05) is 11.9 Å². The molecule has 1 aliphatic heterocycles. The third-order valence-electron chi connectivity index (χ3n) is 4.75. The van der Waals surface area contributed by atoms with Crippen LogP contribution in [0.15, 0.2) is 42.5 Å². The number of amides is 3. The van der Waals surface area contributed by atoms with Gasteiger partial charge in [-0.25, -0.2) is 0 Å². The highest BCUT2D eigenvalue weighted by molar-refractivity contribution is 6.23. The Labute approximate surface area is 185 Å². The SMILES string of the molecule is CC(OC(=O)CCN1C(=O)c2cccc([N+](=O)[O-])c2C1=O)C(=O)Nc1ccccc1[N+](=O)[O-]. The number of hydrogen-bond acceptors (Lipinski definition) is 9. The molecule has 170 valence electrons. The lowest BCUT2D eigenvalue weighted by Crippen LogP contribution is -2.34. The predicted octanol–water partition coefficient (Wildman–Crippen LogP) is 2.06. The topological polar surface area (TPSA) is 179 Å². The molecule has 0 aliphatic carbocycles. The van der Waals surface area contributed by atoms with Gasteiger partial charge in [0.1, 0.15) is 11.3 Å². The number of rotatable bonds is 8. The van der Waals surface area contributed by atoms with E-state index in [-0.39, 0.29) is 22.5 Å². The van der Waals surface area contributed by atoms with Gasteiger partial charge in [-0.05, 0) is 19.1 Å². The number of carbonyl (C=O) groups is 4. The lowest BCUT2D eigenvalue weighted by atomic mass is 10.1. The number of hydrogen-bond donors (Lipinski definition) is 1. The Morgan fingerprint density at radius 1 is 1.00 bits per heavy atom. The van der Waals surface area contributed by atoms with Gasteiger partial charge in [-0.3, -0.25) is 44.3 Å². The summed E-state index contributed by atoms with van der Waals surface area (Å²) < 4.78 is 4.98. The maximum Gasteiger partial charge on any atom is 0.308 e. The minimum Gasteiger partial charge on any atom is -0.452 e. The number of nitrogens with zero attached hydrogens (tertiary/aromatic N) is 3. The average Bonchev–Trinajstić information content (AvgIpc) is 3.02. The third kappa shape index (κ3) is 4.66. The first-order chi connectivity index (χ1) is 15.6. The van der Waals surface area contributed by atoms with Gasteiger partial charge < -0.3 is 10.1 Å². The molecule has 0 radical (unpaired) electrons. The van der Waals surface area contributed by atoms with Crippen molar-refractivity contribution in [2.24, 2.45) is 0 Å². The summed E-state index contributed by atoms with van der Waals surface area (Å²) in [6, 6.07) is 9.05. The number of imide groups is 1. The molecule has 1 heterocycles. The molecular formula is C20H16N4O9. The summed E-state index contributed by atoms with van der Waals surface area (Å²) in [6.07, 6.45) is -1.80. The van der Waals surface area contributed by atoms with Gasteiger partial charge in [-0.1, -0.05) is 18.2 Å². The van der Waals surface area contributed by atoms with Gasteiger partial charge in [-0.15, -0.1) is 0 Å². The maximum atomic E-state index is 12.5. The molecule has 33 heavy (non-hydrogen) atoms. The van der Waals surface area contributed by atoms with Gasteiger partial charge in [0, 0.05) is 18.7 Å². The van der Waals surface area contributed by atoms with E-state index in [0.29, 0.717) is 4.90 Å². The Hall–Kier alpha value is -4.68. The molecule has 0 aromatic heterocycles. The summed E-state index contributed by atoms with van der Waals surface area (Å²) in [5.74, 6) is -3.44. The van der Waals surface area contributed by atoms with Crippen LogP contribution in [-0.4, -0.2) is 51.1 Å². The van der Waals surface area contributed by atoms with Crippen molar-refractivity contribution in [1.82, 2.24) is 4.90 Å². The molecule has 0 fully saturated rings. The number of ether oxygens (including phenoxy) is 1. The number of nitrogens with one attached hydrogen (secondary N) is 1. The summed E-state index contributed by atoms with van der Waals surface area (Å²) in [7, 11) is 0. The van der Waals surface area contributed by atoms with E-state index in [1.165, 1.54) is 43.3 Å². The zero-order valence-electron chi connectivity index (χ0n) is 17.0. The van der Waals surface area contributed by atoms with Gasteiger partial charge in [0.05, 0.1) is 21.8 Å². The summed E-state index contributed by atoms with van der Waals surface area (Å²) >= 11 is 0. The second-order valence-corrected chi connectivity index (χ2v) is 6.86. The van der Waals surface area contributed by atoms with E-state index in [2.05, 4.69) is 5.32 Å². The Balaban J connectivity index is 1.59. The fraction of sp³-hybridized carbons (Fsp3) is 0.200. The summed E-state index contributed by atoms with van der Waals surface area (Å²) in [5.41, 5.74) is -1.43. The van der Waals surface area contributed by atoms with Crippen LogP contribution in [0.2, 0.25) is 0 Å². The second kappa shape index (κ2) is 9.21. The zero-order chi connectivity index (χ0) is 24.3. The first-order valence-corrected chi connectivity index (χ1v) is 9.49. The molecule has 13 heteroatoms. The van der Waals surface area contributed by atoms with Crippen molar-refractivity contribution in [3.8, 4) is 0 Å². The Kier molecular flexibility index (Phi) is 6.42. The quantitative estimate of drug-likeness (QED) is 0.269. The van der Waals surface area contributed by atoms with Crippen molar-refractivity contribution in [2.45, 2.75) is 19.4 Å². The lowest BCUT2D eigenvalue weighted by molar-refractivity contribution is -0.385. The standard InChI is InChI=1S/C20H16N4O9/c1-11(18(26)21-13-6-2-3-7-14(13)23(29)30)33-16(25)9-10-22-19(27)12-5-4-8-15(24(31)32)17(12)20(22)28/h2-8,11H,9-10H2,1H3,(H,21,26). The number of nitro groups is 2. The van der Waals surface area contributed by atoms with E-state index in [9.17, 15) is 39.4 Å². The largest absolute Gasteiger partial charge is 0.452 e. The average molecular weight is 456 g/mol. The summed E-state index contributed by atoms with van der Waals surface area (Å²) in [5, 5.41) is 24.5. The first kappa shape index (κ1) is 23.0. The highest BCUT2D eigenvalue weighted by Crippen LogP contribution is 2.30. The fourth-order valence-electron chi connectivity index (χ4n) is 3.16. The summed E-state index contributed by atoms with van der Waals surface area (Å²) in [4.78, 5) is 70.7. The van der Waals surface area contributed by atoms with Crippen LogP contribution in [0.25, 0.3) is 0 Å². The van der Waals surface area contributed by atoms with Crippen LogP contribution in [0, 0.1) is 20.2 Å². The number of nitro benzene ring substituents is 2. The molecule has 1 atom stereocenters. The molecule has 1 N–H and O–H groups in total. The number of benzene rings is 2. The number of anilines is 1. The highest BCUT2D eigenvalue weighted by atomic mass is 16.6. The van der Waals surface area contributed by atoms with E-state index in [1.54, 1.807) is 0 Å². The second-order valence-electron chi connectivity index (χ2n) is 6.86. The molecule has 1 unspecified atom stereocenters. The minimum atomic E-state index is -1.33. The number of para-hydroxylation sites is 2. The number of carbonyl (C=O) groups excluding carboxylic acids is 4. The van der Waals surface area contributed by atoms with Gasteiger partial charge in [0.2, 0.25) is 0 Å². The van der Waals surface area contributed by atoms with Crippen molar-refractivity contribution in [3.05, 3.63) is 73.8 Å². The smallest absolute Gasteiger partial charge is 0.308 e. The molecule has 0 saturated heterocycles. The molecule has 3 amide bonds. The van der Waals surface area contributed by atoms with Crippen LogP contribution in [0.1, 0.15) is 34.1 Å². The van der Waals surface area contributed by atoms with Gasteiger partial charge in [0.15, 0.2) is 6.10 Å². The van der Waals surface area contributed by atoms with E-state index < -0.39 is 58.3 Å². The van der Waals surface area contributed by atoms with E-state index in [1.807, 2.05) is 0 Å². The van der Waals surface area contributed by atoms with E-state index in [4.69, 9.17) is 4.74 Å². The number of esters is 1. The fourth-order valence-corrected chi connectivity index (χ4v) is 3.16. The van der Waals surface area contributed by atoms with Crippen LogP contribution in [0.3, 0.4) is 0 Å². The van der Waals surface area contributed by atoms with Crippen molar-refractivity contribution < 1.29 is 33.8 Å². The minimum absolute atomic E-state index is 0.0805. The number of fused-ring (bicyclic) bond motifs is 1. The van der Waals surface area contributed by atoms with Crippen LogP contribution < -0.4 is 5.32 Å². The Morgan fingerprint density at radius 2 is 1.64 bits per heavy atom. The summed E-state index contributed by atoms with van der Waals surface area (Å²) in [6.45, 7) is 0.828. The predicted molar refractivity (Wildman–Crippen MR) is 110 cm³/mol. The van der Waals surface area contributed by atoms with Crippen molar-refractivity contribution >= 4 is 40.8 Å². The molecule has 0 saturated carbocycles. The van der Waals surface area contributed by atoms with Gasteiger partial charge >= 0.3 is 5.97 Å². The maximum absolute atomic E-state index is 12.5. The van der Waals surface area contributed by atoms with Crippen LogP contribution in [-0.2, 0) is 14.3 Å². The lowest BCUT2D eigenvalue weighted by Gasteiger charge is -2.16. The molecule has 2 aromatic carbocycles. The first-order valence-electron chi connectivity index (χ1n) is 9.49. The van der Waals surface area contributed by atoms with Gasteiger partial charge in [0.25, 0.3) is 29.1 Å². The molecular weight excluding hydrogens is 440 g/mol. The van der Waals surface area contributed by atoms with Crippen LogP contribution in [0.5, 0.6) is 0 Å². The normalized spacial score (nSPS) is 13.3. The van der Waals surface area contributed by atoms with Gasteiger partial charge in [-0.2, -0.15) is 0 Å². The molecule has 0 bridgehead atoms. The molecule has 3 rings (SSSR count). The monoisotopic (exact) mass is 456 g/mol. The molecule has 0 spiro atoms. The zero-order valence-corrected chi connectivity index (χ0v) is 17.0. The highest BCUT2D eigenvalue weighted by Gasteiger charge is 2.41.